The Hall–Kier alpha value is -6.17. The Kier molecular flexibility index (Phi) is 6.14. The van der Waals surface area contributed by atoms with Crippen molar-refractivity contribution in [2.75, 3.05) is 4.90 Å². The van der Waals surface area contributed by atoms with Crippen LogP contribution in [0.2, 0.25) is 0 Å². The van der Waals surface area contributed by atoms with Gasteiger partial charge in [0.25, 0.3) is 0 Å². The van der Waals surface area contributed by atoms with Crippen LogP contribution in [0.3, 0.4) is 0 Å². The van der Waals surface area contributed by atoms with Gasteiger partial charge in [-0.05, 0) is 94.4 Å². The number of Topliss-reactive ketones (excluding diaryl/α,β-unsaturated/α-hetero) is 2. The van der Waals surface area contributed by atoms with Crippen molar-refractivity contribution < 1.29 is 9.59 Å². The van der Waals surface area contributed by atoms with Gasteiger partial charge in [0.15, 0.2) is 11.6 Å². The molecular formula is C45H28N2O2S. The van der Waals surface area contributed by atoms with Crippen LogP contribution in [0.1, 0.15) is 53.5 Å². The van der Waals surface area contributed by atoms with Crippen molar-refractivity contribution in [3.05, 3.63) is 195 Å². The fourth-order valence-corrected chi connectivity index (χ4v) is 9.46. The lowest BCUT2D eigenvalue weighted by Gasteiger charge is -2.31. The largest absolute Gasteiger partial charge is 0.309 e. The SMILES string of the molecule is Cc1ccc(N(c2ccccc2)c2ccc3c(c2)C2(c4ccccc4-c4ccccc42)c2cc(C=C4C(=O)c5ccccc5C4=O)sc2-3)cn1. The van der Waals surface area contributed by atoms with Crippen molar-refractivity contribution in [1.29, 1.82) is 0 Å². The number of hydrogen-bond acceptors (Lipinski definition) is 5. The van der Waals surface area contributed by atoms with Crippen LogP contribution >= 0.6 is 11.3 Å². The molecule has 3 aliphatic rings. The van der Waals surface area contributed by atoms with Crippen molar-refractivity contribution in [2.45, 2.75) is 12.3 Å². The molecular weight excluding hydrogens is 633 g/mol. The van der Waals surface area contributed by atoms with Crippen LogP contribution in [0.4, 0.5) is 17.1 Å². The summed E-state index contributed by atoms with van der Waals surface area (Å²) in [4.78, 5) is 35.8. The minimum Gasteiger partial charge on any atom is -0.309 e. The number of para-hydroxylation sites is 1. The maximum Gasteiger partial charge on any atom is 0.197 e. The monoisotopic (exact) mass is 660 g/mol. The second kappa shape index (κ2) is 10.7. The number of benzene rings is 5. The van der Waals surface area contributed by atoms with Crippen molar-refractivity contribution >= 4 is 46.0 Å². The molecule has 0 N–H and O–H groups in total. The van der Waals surface area contributed by atoms with E-state index >= 15 is 0 Å². The van der Waals surface area contributed by atoms with Gasteiger partial charge in [-0.3, -0.25) is 14.6 Å². The minimum absolute atomic E-state index is 0.206. The molecule has 0 saturated carbocycles. The van der Waals surface area contributed by atoms with Crippen molar-refractivity contribution in [1.82, 2.24) is 4.98 Å². The Morgan fingerprint density at radius 2 is 1.16 bits per heavy atom. The smallest absolute Gasteiger partial charge is 0.197 e. The molecule has 236 valence electrons. The summed E-state index contributed by atoms with van der Waals surface area (Å²) in [6.45, 7) is 2.00. The van der Waals surface area contributed by atoms with E-state index in [1.807, 2.05) is 37.4 Å². The second-order valence-corrected chi connectivity index (χ2v) is 14.1. The normalized spacial score (nSPS) is 14.3. The molecule has 0 fully saturated rings. The number of carbonyl (C=O) groups is 2. The number of aryl methyl sites for hydroxylation is 1. The van der Waals surface area contributed by atoms with E-state index in [1.165, 1.54) is 33.4 Å². The molecule has 3 aliphatic carbocycles. The first-order valence-corrected chi connectivity index (χ1v) is 17.5. The first-order valence-electron chi connectivity index (χ1n) is 16.7. The van der Waals surface area contributed by atoms with Gasteiger partial charge in [-0.25, -0.2) is 0 Å². The maximum atomic E-state index is 13.4. The number of anilines is 3. The summed E-state index contributed by atoms with van der Waals surface area (Å²) in [6, 6.07) is 48.2. The molecule has 50 heavy (non-hydrogen) atoms. The highest BCUT2D eigenvalue weighted by molar-refractivity contribution is 7.16. The van der Waals surface area contributed by atoms with Gasteiger partial charge in [0, 0.05) is 37.9 Å². The molecule has 0 saturated heterocycles. The van der Waals surface area contributed by atoms with E-state index in [0.717, 1.165) is 38.1 Å². The molecule has 0 radical (unpaired) electrons. The molecule has 0 atom stereocenters. The van der Waals surface area contributed by atoms with Gasteiger partial charge >= 0.3 is 0 Å². The van der Waals surface area contributed by atoms with E-state index < -0.39 is 5.41 Å². The quantitative estimate of drug-likeness (QED) is 0.139. The number of nitrogens with zero attached hydrogens (tertiary/aromatic N) is 2. The average Bonchev–Trinajstić information content (AvgIpc) is 3.85. The lowest BCUT2D eigenvalue weighted by Crippen LogP contribution is -2.26. The summed E-state index contributed by atoms with van der Waals surface area (Å²) in [5, 5.41) is 0. The predicted octanol–water partition coefficient (Wildman–Crippen LogP) is 10.7. The third-order valence-electron chi connectivity index (χ3n) is 10.4. The molecule has 1 spiro atoms. The number of aromatic nitrogens is 1. The third-order valence-corrected chi connectivity index (χ3v) is 11.5. The van der Waals surface area contributed by atoms with Crippen LogP contribution in [-0.2, 0) is 5.41 Å². The molecule has 2 heterocycles. The second-order valence-electron chi connectivity index (χ2n) is 13.1. The zero-order valence-corrected chi connectivity index (χ0v) is 27.9. The van der Waals surface area contributed by atoms with Crippen LogP contribution in [0.5, 0.6) is 0 Å². The van der Waals surface area contributed by atoms with E-state index in [2.05, 4.69) is 119 Å². The molecule has 4 nitrogen and oxygen atoms in total. The van der Waals surface area contributed by atoms with E-state index in [4.69, 9.17) is 0 Å². The van der Waals surface area contributed by atoms with E-state index in [0.29, 0.717) is 11.1 Å². The first-order chi connectivity index (χ1) is 24.5. The van der Waals surface area contributed by atoms with Gasteiger partial charge in [-0.2, -0.15) is 0 Å². The molecule has 7 aromatic rings. The number of fused-ring (bicyclic) bond motifs is 11. The number of ketones is 2. The van der Waals surface area contributed by atoms with E-state index in [-0.39, 0.29) is 17.1 Å². The molecule has 0 bridgehead atoms. The summed E-state index contributed by atoms with van der Waals surface area (Å²) in [6.07, 6.45) is 3.75. The molecule has 0 unspecified atom stereocenters. The number of rotatable bonds is 4. The maximum absolute atomic E-state index is 13.4. The van der Waals surface area contributed by atoms with Crippen molar-refractivity contribution in [3.63, 3.8) is 0 Å². The zero-order chi connectivity index (χ0) is 33.6. The standard InChI is InChI=1S/C45H28N2O2S/c1-27-19-20-30(26-46-27)47(28-11-3-2-4-12-28)29-21-22-36-40(23-29)45(38-17-9-7-13-32(38)33-14-8-10-18-39(33)45)41-25-31(50-44(36)41)24-37-42(48)34-15-5-6-16-35(34)43(37)49/h2-26H,1H3. The zero-order valence-electron chi connectivity index (χ0n) is 27.1. The summed E-state index contributed by atoms with van der Waals surface area (Å²) >= 11 is 1.65. The number of pyridine rings is 1. The van der Waals surface area contributed by atoms with Crippen LogP contribution in [0.25, 0.3) is 27.6 Å². The van der Waals surface area contributed by atoms with Crippen LogP contribution in [-0.4, -0.2) is 16.6 Å². The van der Waals surface area contributed by atoms with Gasteiger partial charge in [0.2, 0.25) is 0 Å². The number of allylic oxidation sites excluding steroid dienone is 1. The summed E-state index contributed by atoms with van der Waals surface area (Å²) in [7, 11) is 0. The number of thiophene rings is 1. The topological polar surface area (TPSA) is 50.3 Å². The minimum atomic E-state index is -0.582. The lowest BCUT2D eigenvalue weighted by molar-refractivity contribution is 0.0990. The van der Waals surface area contributed by atoms with Crippen LogP contribution < -0.4 is 4.90 Å². The summed E-state index contributed by atoms with van der Waals surface area (Å²) in [5.41, 5.74) is 13.1. The van der Waals surface area contributed by atoms with Gasteiger partial charge in [-0.15, -0.1) is 11.3 Å². The van der Waals surface area contributed by atoms with E-state index in [1.54, 1.807) is 23.5 Å². The highest BCUT2D eigenvalue weighted by atomic mass is 32.1. The lowest BCUT2D eigenvalue weighted by atomic mass is 9.71. The van der Waals surface area contributed by atoms with Gasteiger partial charge in [0.05, 0.1) is 22.9 Å². The Morgan fingerprint density at radius 1 is 0.560 bits per heavy atom. The Bertz CT molecular complexity index is 2510. The summed E-state index contributed by atoms with van der Waals surface area (Å²) < 4.78 is 0. The Morgan fingerprint density at radius 3 is 1.80 bits per heavy atom. The third kappa shape index (κ3) is 3.89. The molecule has 5 aromatic carbocycles. The predicted molar refractivity (Wildman–Crippen MR) is 201 cm³/mol. The van der Waals surface area contributed by atoms with Gasteiger partial charge in [-0.1, -0.05) is 97.1 Å². The molecule has 0 aliphatic heterocycles. The molecule has 10 rings (SSSR count). The first kappa shape index (κ1) is 28.8. The van der Waals surface area contributed by atoms with E-state index in [9.17, 15) is 9.59 Å². The average molecular weight is 661 g/mol. The molecule has 2 aromatic heterocycles. The fourth-order valence-electron chi connectivity index (χ4n) is 8.26. The van der Waals surface area contributed by atoms with Crippen molar-refractivity contribution in [3.8, 4) is 21.6 Å². The van der Waals surface area contributed by atoms with Crippen LogP contribution in [0, 0.1) is 6.92 Å². The highest BCUT2D eigenvalue weighted by Crippen LogP contribution is 2.65. The number of hydrogen-bond donors (Lipinski definition) is 0. The highest BCUT2D eigenvalue weighted by Gasteiger charge is 2.52. The Labute approximate surface area is 293 Å². The fraction of sp³-hybridized carbons (Fsp3) is 0.0444. The Balaban J connectivity index is 1.22. The number of carbonyl (C=O) groups excluding carboxylic acids is 2. The van der Waals surface area contributed by atoms with Crippen molar-refractivity contribution in [2.24, 2.45) is 0 Å². The van der Waals surface area contributed by atoms with Crippen LogP contribution in [0.15, 0.2) is 151 Å². The summed E-state index contributed by atoms with van der Waals surface area (Å²) in [5.74, 6) is -0.413. The van der Waals surface area contributed by atoms with Gasteiger partial charge in [0.1, 0.15) is 0 Å². The molecule has 5 heteroatoms. The van der Waals surface area contributed by atoms with Gasteiger partial charge < -0.3 is 4.90 Å². The molecule has 0 amide bonds.